The van der Waals surface area contributed by atoms with Crippen molar-refractivity contribution in [2.24, 2.45) is 0 Å². The van der Waals surface area contributed by atoms with Crippen LogP contribution in [0.4, 0.5) is 5.69 Å². The molecular formula is C31H37Cl2N3O3. The second-order valence-electron chi connectivity index (χ2n) is 9.84. The molecule has 0 aromatic heterocycles. The van der Waals surface area contributed by atoms with E-state index in [4.69, 9.17) is 16.3 Å². The average Bonchev–Trinajstić information content (AvgIpc) is 2.94. The molecule has 3 aromatic rings. The number of carbonyl (C=O) groups is 2. The summed E-state index contributed by atoms with van der Waals surface area (Å²) in [4.78, 5) is 27.4. The Morgan fingerprint density at radius 1 is 0.923 bits per heavy atom. The standard InChI is InChI=1S/C31H36ClN3O3.ClH/c1-22-21-28(38-2)13-14-29(22)23-15-19-35(20-16-23)18-4-3-17-33-30(36)24-7-11-27(12-8-24)34-31(37)25-5-9-26(32)10-6-25;/h5-14,21,23H,3-4,15-20H2,1-2H3,(H,33,36)(H,34,37);1H. The van der Waals surface area contributed by atoms with Crippen LogP contribution in [0.5, 0.6) is 5.75 Å². The highest BCUT2D eigenvalue weighted by Crippen LogP contribution is 2.32. The van der Waals surface area contributed by atoms with Gasteiger partial charge in [0, 0.05) is 28.4 Å². The van der Waals surface area contributed by atoms with E-state index in [9.17, 15) is 9.59 Å². The number of likely N-dealkylation sites (tertiary alicyclic amines) is 1. The molecule has 1 fully saturated rings. The predicted octanol–water partition coefficient (Wildman–Crippen LogP) is 6.72. The van der Waals surface area contributed by atoms with Gasteiger partial charge >= 0.3 is 0 Å². The molecule has 0 saturated carbocycles. The Labute approximate surface area is 242 Å². The van der Waals surface area contributed by atoms with Crippen LogP contribution in [-0.2, 0) is 0 Å². The van der Waals surface area contributed by atoms with Crippen molar-refractivity contribution in [2.75, 3.05) is 38.6 Å². The number of hydrogen-bond acceptors (Lipinski definition) is 4. The van der Waals surface area contributed by atoms with E-state index in [0.717, 1.165) is 38.2 Å². The third-order valence-corrected chi connectivity index (χ3v) is 7.45. The minimum Gasteiger partial charge on any atom is -0.497 e. The lowest BCUT2D eigenvalue weighted by Gasteiger charge is -2.33. The van der Waals surface area contributed by atoms with Crippen molar-refractivity contribution in [3.05, 3.63) is 94.0 Å². The van der Waals surface area contributed by atoms with Crippen LogP contribution in [0.3, 0.4) is 0 Å². The van der Waals surface area contributed by atoms with E-state index in [1.54, 1.807) is 55.6 Å². The molecule has 0 unspecified atom stereocenters. The number of aryl methyl sites for hydroxylation is 1. The number of piperidine rings is 1. The Balaban J connectivity index is 0.00000420. The molecule has 208 valence electrons. The zero-order chi connectivity index (χ0) is 26.9. The van der Waals surface area contributed by atoms with Gasteiger partial charge in [-0.25, -0.2) is 0 Å². The van der Waals surface area contributed by atoms with E-state index in [0.29, 0.717) is 34.3 Å². The van der Waals surface area contributed by atoms with Crippen molar-refractivity contribution in [3.63, 3.8) is 0 Å². The smallest absolute Gasteiger partial charge is 0.255 e. The largest absolute Gasteiger partial charge is 0.497 e. The van der Waals surface area contributed by atoms with Crippen LogP contribution in [0.1, 0.15) is 63.4 Å². The second kappa shape index (κ2) is 14.9. The second-order valence-corrected chi connectivity index (χ2v) is 10.3. The Morgan fingerprint density at radius 2 is 1.56 bits per heavy atom. The fraction of sp³-hybridized carbons (Fsp3) is 0.355. The fourth-order valence-electron chi connectivity index (χ4n) is 4.97. The van der Waals surface area contributed by atoms with Gasteiger partial charge in [-0.15, -0.1) is 12.4 Å². The molecule has 4 rings (SSSR count). The van der Waals surface area contributed by atoms with Crippen LogP contribution in [0.15, 0.2) is 66.7 Å². The number of hydrogen-bond donors (Lipinski definition) is 2. The van der Waals surface area contributed by atoms with Crippen molar-refractivity contribution in [1.82, 2.24) is 10.2 Å². The summed E-state index contributed by atoms with van der Waals surface area (Å²) < 4.78 is 5.34. The highest BCUT2D eigenvalue weighted by atomic mass is 35.5. The number of ether oxygens (including phenoxy) is 1. The van der Waals surface area contributed by atoms with Gasteiger partial charge in [0.1, 0.15) is 5.75 Å². The van der Waals surface area contributed by atoms with Gasteiger partial charge in [-0.2, -0.15) is 0 Å². The number of methoxy groups -OCH3 is 1. The maximum Gasteiger partial charge on any atom is 0.255 e. The van der Waals surface area contributed by atoms with Crippen LogP contribution < -0.4 is 15.4 Å². The van der Waals surface area contributed by atoms with Gasteiger partial charge < -0.3 is 20.3 Å². The molecule has 6 nitrogen and oxygen atoms in total. The number of anilines is 1. The molecule has 3 aromatic carbocycles. The molecule has 1 heterocycles. The summed E-state index contributed by atoms with van der Waals surface area (Å²) in [5.41, 5.74) is 4.49. The molecule has 1 saturated heterocycles. The Morgan fingerprint density at radius 3 is 2.21 bits per heavy atom. The van der Waals surface area contributed by atoms with Crippen LogP contribution in [-0.4, -0.2) is 50.0 Å². The van der Waals surface area contributed by atoms with E-state index in [2.05, 4.69) is 40.7 Å². The molecule has 2 amide bonds. The van der Waals surface area contributed by atoms with Crippen molar-refractivity contribution in [1.29, 1.82) is 0 Å². The van der Waals surface area contributed by atoms with Crippen LogP contribution in [0.2, 0.25) is 5.02 Å². The first kappa shape index (κ1) is 30.5. The summed E-state index contributed by atoms with van der Waals surface area (Å²) in [7, 11) is 1.71. The lowest BCUT2D eigenvalue weighted by Crippen LogP contribution is -2.34. The first-order chi connectivity index (χ1) is 18.4. The maximum absolute atomic E-state index is 12.5. The molecule has 39 heavy (non-hydrogen) atoms. The van der Waals surface area contributed by atoms with Crippen molar-refractivity contribution >= 4 is 41.5 Å². The summed E-state index contributed by atoms with van der Waals surface area (Å²) in [6, 6.07) is 20.0. The molecule has 0 aliphatic carbocycles. The molecule has 0 atom stereocenters. The molecule has 2 N–H and O–H groups in total. The number of benzene rings is 3. The summed E-state index contributed by atoms with van der Waals surface area (Å²) in [5, 5.41) is 6.42. The van der Waals surface area contributed by atoms with Gasteiger partial charge in [-0.1, -0.05) is 17.7 Å². The van der Waals surface area contributed by atoms with Gasteiger partial charge in [0.25, 0.3) is 11.8 Å². The van der Waals surface area contributed by atoms with Crippen LogP contribution in [0, 0.1) is 6.92 Å². The Bertz CT molecular complexity index is 1220. The topological polar surface area (TPSA) is 70.7 Å². The first-order valence-corrected chi connectivity index (χ1v) is 13.6. The van der Waals surface area contributed by atoms with Crippen LogP contribution in [0.25, 0.3) is 0 Å². The number of nitrogens with zero attached hydrogens (tertiary/aromatic N) is 1. The number of rotatable bonds is 10. The van der Waals surface area contributed by atoms with E-state index in [1.807, 2.05) is 0 Å². The molecule has 0 spiro atoms. The van der Waals surface area contributed by atoms with E-state index in [-0.39, 0.29) is 24.2 Å². The summed E-state index contributed by atoms with van der Waals surface area (Å²) in [6.45, 7) is 6.11. The monoisotopic (exact) mass is 569 g/mol. The highest BCUT2D eigenvalue weighted by Gasteiger charge is 2.21. The van der Waals surface area contributed by atoms with Crippen molar-refractivity contribution in [3.8, 4) is 5.75 Å². The van der Waals surface area contributed by atoms with Gasteiger partial charge in [0.15, 0.2) is 0 Å². The minimum atomic E-state index is -0.223. The Kier molecular flexibility index (Phi) is 11.7. The molecule has 1 aliphatic heterocycles. The lowest BCUT2D eigenvalue weighted by atomic mass is 9.86. The van der Waals surface area contributed by atoms with E-state index >= 15 is 0 Å². The Hall–Kier alpha value is -3.06. The zero-order valence-electron chi connectivity index (χ0n) is 22.5. The number of nitrogens with one attached hydrogen (secondary N) is 2. The van der Waals surface area contributed by atoms with Crippen molar-refractivity contribution < 1.29 is 14.3 Å². The molecule has 1 aliphatic rings. The summed E-state index contributed by atoms with van der Waals surface area (Å²) >= 11 is 5.87. The van der Waals surface area contributed by atoms with E-state index in [1.165, 1.54) is 24.0 Å². The number of unbranched alkanes of at least 4 members (excludes halogenated alkanes) is 1. The van der Waals surface area contributed by atoms with Gasteiger partial charge in [-0.3, -0.25) is 9.59 Å². The van der Waals surface area contributed by atoms with E-state index < -0.39 is 0 Å². The predicted molar refractivity (Wildman–Crippen MR) is 161 cm³/mol. The fourth-order valence-corrected chi connectivity index (χ4v) is 5.10. The molecular weight excluding hydrogens is 533 g/mol. The SMILES string of the molecule is COc1ccc(C2CCN(CCCCNC(=O)c3ccc(NC(=O)c4ccc(Cl)cc4)cc3)CC2)c(C)c1.Cl. The number of carbonyl (C=O) groups excluding carboxylic acids is 2. The summed E-state index contributed by atoms with van der Waals surface area (Å²) in [6.07, 6.45) is 4.36. The number of amides is 2. The normalized spacial score (nSPS) is 13.8. The molecule has 0 radical (unpaired) electrons. The average molecular weight is 571 g/mol. The molecule has 8 heteroatoms. The minimum absolute atomic E-state index is 0. The van der Waals surface area contributed by atoms with Crippen LogP contribution >= 0.6 is 24.0 Å². The van der Waals surface area contributed by atoms with Gasteiger partial charge in [-0.05, 0) is 130 Å². The lowest BCUT2D eigenvalue weighted by molar-refractivity contribution is 0.0951. The molecule has 0 bridgehead atoms. The van der Waals surface area contributed by atoms with Gasteiger partial charge in [0.05, 0.1) is 7.11 Å². The quantitative estimate of drug-likeness (QED) is 0.266. The third-order valence-electron chi connectivity index (χ3n) is 7.20. The number of halogens is 2. The summed E-state index contributed by atoms with van der Waals surface area (Å²) in [5.74, 6) is 1.22. The third kappa shape index (κ3) is 8.72. The maximum atomic E-state index is 12.5. The zero-order valence-corrected chi connectivity index (χ0v) is 24.1. The van der Waals surface area contributed by atoms with Gasteiger partial charge in [0.2, 0.25) is 0 Å². The van der Waals surface area contributed by atoms with Crippen molar-refractivity contribution in [2.45, 2.75) is 38.5 Å². The first-order valence-electron chi connectivity index (χ1n) is 13.2. The highest BCUT2D eigenvalue weighted by molar-refractivity contribution is 6.30.